The van der Waals surface area contributed by atoms with E-state index in [1.807, 2.05) is 0 Å². The molecule has 0 spiro atoms. The number of ether oxygens (including phenoxy) is 3. The molecule has 0 aliphatic heterocycles. The lowest BCUT2D eigenvalue weighted by atomic mass is 10.1. The number of allylic oxidation sites excluding steroid dienone is 10. The minimum absolute atomic E-state index is 0.158. The number of aliphatic hydroxyl groups is 1. The van der Waals surface area contributed by atoms with Crippen molar-refractivity contribution in [2.75, 3.05) is 26.4 Å². The van der Waals surface area contributed by atoms with Crippen molar-refractivity contribution in [3.05, 3.63) is 60.8 Å². The van der Waals surface area contributed by atoms with Crippen molar-refractivity contribution in [3.8, 4) is 0 Å². The van der Waals surface area contributed by atoms with E-state index in [2.05, 4.69) is 81.5 Å². The molecule has 11 nitrogen and oxygen atoms in total. The van der Waals surface area contributed by atoms with Gasteiger partial charge in [-0.1, -0.05) is 236 Å². The summed E-state index contributed by atoms with van der Waals surface area (Å²) in [7, 11) is -4.76. The quantitative estimate of drug-likeness (QED) is 0.0197. The third-order valence-corrected chi connectivity index (χ3v) is 14.8. The standard InChI is InChI=1S/C66H119O11P/c1-4-7-10-13-16-19-22-25-28-30-31-33-35-37-40-43-46-49-52-55-64(68)73-59-63(77-66(70)57-54-51-48-45-42-39-36-32-29-26-23-20-17-14-11-8-5-2)61-75-78(71,72)74-60-62(58-67)76-65(69)56-53-50-47-44-41-38-34-27-24-21-18-15-12-9-6-3/h16-17,19-20,25-29,34,62-63,67H,4-15,18,21-24,30-33,35-61H2,1-3H3,(H,71,72)/b19-16-,20-17-,28-25-,29-26-,34-27-. The van der Waals surface area contributed by atoms with E-state index in [1.165, 1.54) is 135 Å². The predicted octanol–water partition coefficient (Wildman–Crippen LogP) is 19.5. The van der Waals surface area contributed by atoms with Crippen LogP contribution in [-0.2, 0) is 42.2 Å². The molecule has 454 valence electrons. The van der Waals surface area contributed by atoms with Gasteiger partial charge in [0.05, 0.1) is 19.8 Å². The largest absolute Gasteiger partial charge is 0.472 e. The first-order chi connectivity index (χ1) is 38.2. The van der Waals surface area contributed by atoms with Crippen molar-refractivity contribution in [1.82, 2.24) is 0 Å². The predicted molar refractivity (Wildman–Crippen MR) is 325 cm³/mol. The number of esters is 3. The van der Waals surface area contributed by atoms with Gasteiger partial charge in [-0.3, -0.25) is 23.4 Å². The summed E-state index contributed by atoms with van der Waals surface area (Å²) in [5.41, 5.74) is 0. The van der Waals surface area contributed by atoms with Crippen LogP contribution in [0.4, 0.5) is 0 Å². The lowest BCUT2D eigenvalue weighted by Gasteiger charge is -2.21. The number of unbranched alkanes of at least 4 members (excludes halogenated alkanes) is 33. The van der Waals surface area contributed by atoms with Crippen LogP contribution < -0.4 is 0 Å². The molecule has 3 atom stereocenters. The Kier molecular flexibility index (Phi) is 58.1. The second-order valence-corrected chi connectivity index (χ2v) is 23.0. The highest BCUT2D eigenvalue weighted by Gasteiger charge is 2.28. The first-order valence-electron chi connectivity index (χ1n) is 32.2. The SMILES string of the molecule is CCCCC/C=C\C/C=C\CCCCCCCCCCCC(=O)OCC(COP(=O)(O)OCC(CO)OC(=O)CCCCCCC/C=C\CCCCCCCC)OC(=O)CCCCCCCCC/C=C\C/C=C\CCCCC. The van der Waals surface area contributed by atoms with Gasteiger partial charge >= 0.3 is 25.7 Å². The Morgan fingerprint density at radius 1 is 0.359 bits per heavy atom. The number of carbonyl (C=O) groups excluding carboxylic acids is 3. The van der Waals surface area contributed by atoms with Crippen LogP contribution in [0, 0.1) is 0 Å². The van der Waals surface area contributed by atoms with Crippen molar-refractivity contribution in [1.29, 1.82) is 0 Å². The second-order valence-electron chi connectivity index (χ2n) is 21.6. The third-order valence-electron chi connectivity index (χ3n) is 13.9. The molecule has 0 bridgehead atoms. The van der Waals surface area contributed by atoms with Gasteiger partial charge in [-0.05, 0) is 109 Å². The van der Waals surface area contributed by atoms with Crippen LogP contribution in [0.2, 0.25) is 0 Å². The van der Waals surface area contributed by atoms with Crippen LogP contribution in [0.1, 0.15) is 303 Å². The minimum Gasteiger partial charge on any atom is -0.462 e. The van der Waals surface area contributed by atoms with Crippen LogP contribution in [0.3, 0.4) is 0 Å². The summed E-state index contributed by atoms with van der Waals surface area (Å²) in [6.07, 6.45) is 67.3. The van der Waals surface area contributed by atoms with Crippen LogP contribution in [-0.4, -0.2) is 66.5 Å². The Morgan fingerprint density at radius 3 is 0.987 bits per heavy atom. The number of phosphoric ester groups is 1. The van der Waals surface area contributed by atoms with Crippen LogP contribution >= 0.6 is 7.82 Å². The van der Waals surface area contributed by atoms with E-state index in [0.717, 1.165) is 109 Å². The zero-order chi connectivity index (χ0) is 56.9. The normalized spacial score (nSPS) is 13.7. The van der Waals surface area contributed by atoms with E-state index >= 15 is 0 Å². The first kappa shape index (κ1) is 75.2. The Balaban J connectivity index is 4.71. The molecule has 0 amide bonds. The van der Waals surface area contributed by atoms with Crippen LogP contribution in [0.15, 0.2) is 60.8 Å². The number of hydrogen-bond acceptors (Lipinski definition) is 10. The Labute approximate surface area is 478 Å². The van der Waals surface area contributed by atoms with Gasteiger partial charge < -0.3 is 24.2 Å². The number of phosphoric acid groups is 1. The summed E-state index contributed by atoms with van der Waals surface area (Å²) >= 11 is 0. The molecule has 78 heavy (non-hydrogen) atoms. The molecule has 0 fully saturated rings. The molecule has 0 saturated heterocycles. The van der Waals surface area contributed by atoms with Crippen molar-refractivity contribution >= 4 is 25.7 Å². The van der Waals surface area contributed by atoms with E-state index in [-0.39, 0.29) is 25.9 Å². The molecule has 0 aliphatic carbocycles. The molecule has 0 aromatic heterocycles. The monoisotopic (exact) mass is 1120 g/mol. The third kappa shape index (κ3) is 57.9. The number of hydrogen-bond donors (Lipinski definition) is 2. The van der Waals surface area contributed by atoms with Gasteiger partial charge in [0, 0.05) is 19.3 Å². The lowest BCUT2D eigenvalue weighted by Crippen LogP contribution is -2.30. The fourth-order valence-electron chi connectivity index (χ4n) is 8.94. The van der Waals surface area contributed by atoms with Gasteiger partial charge in [0.2, 0.25) is 0 Å². The number of aliphatic hydroxyl groups excluding tert-OH is 1. The molecule has 12 heteroatoms. The molecular formula is C66H119O11P. The van der Waals surface area contributed by atoms with Crippen LogP contribution in [0.25, 0.3) is 0 Å². The van der Waals surface area contributed by atoms with Gasteiger partial charge in [0.25, 0.3) is 0 Å². The van der Waals surface area contributed by atoms with Gasteiger partial charge in [0.15, 0.2) is 6.10 Å². The van der Waals surface area contributed by atoms with Crippen molar-refractivity contribution in [2.45, 2.75) is 315 Å². The van der Waals surface area contributed by atoms with Crippen LogP contribution in [0.5, 0.6) is 0 Å². The topological polar surface area (TPSA) is 155 Å². The Bertz CT molecular complexity index is 1540. The summed E-state index contributed by atoms with van der Waals surface area (Å²) in [5.74, 6) is -1.47. The molecule has 0 radical (unpaired) electrons. The maximum atomic E-state index is 12.9. The van der Waals surface area contributed by atoms with Crippen molar-refractivity contribution in [2.24, 2.45) is 0 Å². The number of carbonyl (C=O) groups is 3. The van der Waals surface area contributed by atoms with Gasteiger partial charge in [-0.15, -0.1) is 0 Å². The van der Waals surface area contributed by atoms with Crippen molar-refractivity contribution in [3.63, 3.8) is 0 Å². The molecule has 0 heterocycles. The molecule has 0 aliphatic rings. The minimum atomic E-state index is -4.76. The Hall–Kier alpha value is -2.82. The molecule has 0 saturated carbocycles. The molecule has 0 rings (SSSR count). The molecule has 0 aromatic carbocycles. The maximum Gasteiger partial charge on any atom is 0.472 e. The Morgan fingerprint density at radius 2 is 0.628 bits per heavy atom. The molecule has 3 unspecified atom stereocenters. The average molecular weight is 1120 g/mol. The fourth-order valence-corrected chi connectivity index (χ4v) is 9.73. The summed E-state index contributed by atoms with van der Waals surface area (Å²) in [5, 5.41) is 9.84. The summed E-state index contributed by atoms with van der Waals surface area (Å²) < 4.78 is 39.7. The van der Waals surface area contributed by atoms with E-state index in [4.69, 9.17) is 23.3 Å². The van der Waals surface area contributed by atoms with E-state index in [9.17, 15) is 28.9 Å². The fraction of sp³-hybridized carbons (Fsp3) is 0.803. The van der Waals surface area contributed by atoms with Gasteiger partial charge in [-0.2, -0.15) is 0 Å². The zero-order valence-corrected chi connectivity index (χ0v) is 51.3. The van der Waals surface area contributed by atoms with Gasteiger partial charge in [-0.25, -0.2) is 4.57 Å². The average Bonchev–Trinajstić information content (AvgIpc) is 3.43. The van der Waals surface area contributed by atoms with Crippen molar-refractivity contribution < 1.29 is 52.2 Å². The highest BCUT2D eigenvalue weighted by atomic mass is 31.2. The van der Waals surface area contributed by atoms with Gasteiger partial charge in [0.1, 0.15) is 12.7 Å². The highest BCUT2D eigenvalue weighted by molar-refractivity contribution is 7.47. The highest BCUT2D eigenvalue weighted by Crippen LogP contribution is 2.43. The first-order valence-corrected chi connectivity index (χ1v) is 33.7. The van der Waals surface area contributed by atoms with E-state index in [1.54, 1.807) is 0 Å². The zero-order valence-electron chi connectivity index (χ0n) is 50.4. The summed E-state index contributed by atoms with van der Waals surface area (Å²) in [4.78, 5) is 48.7. The van der Waals surface area contributed by atoms with E-state index in [0.29, 0.717) is 19.3 Å². The maximum absolute atomic E-state index is 12.9. The second kappa shape index (κ2) is 60.3. The lowest BCUT2D eigenvalue weighted by molar-refractivity contribution is -0.161. The molecule has 0 aromatic rings. The molecular weight excluding hydrogens is 1000 g/mol. The smallest absolute Gasteiger partial charge is 0.462 e. The molecule has 2 N–H and O–H groups in total. The number of rotatable bonds is 60. The summed E-state index contributed by atoms with van der Waals surface area (Å²) in [6, 6.07) is 0. The van der Waals surface area contributed by atoms with E-state index < -0.39 is 57.8 Å². The summed E-state index contributed by atoms with van der Waals surface area (Å²) in [6.45, 7) is 4.61.